The molecule has 0 atom stereocenters. The molecule has 2 heterocycles. The van der Waals surface area contributed by atoms with Crippen LogP contribution in [0.25, 0.3) is 22.8 Å². The van der Waals surface area contributed by atoms with Crippen LogP contribution in [0.4, 0.5) is 0 Å². The van der Waals surface area contributed by atoms with Gasteiger partial charge in [0.2, 0.25) is 11.8 Å². The van der Waals surface area contributed by atoms with Crippen molar-refractivity contribution >= 4 is 6.29 Å². The maximum Gasteiger partial charge on any atom is 0.247 e. The summed E-state index contributed by atoms with van der Waals surface area (Å²) in [4.78, 5) is 10.6. The molecule has 5 nitrogen and oxygen atoms in total. The predicted octanol–water partition coefficient (Wildman–Crippen LogP) is 4.15. The van der Waals surface area contributed by atoms with Crippen molar-refractivity contribution < 1.29 is 13.6 Å². The summed E-state index contributed by atoms with van der Waals surface area (Å²) in [7, 11) is 0. The van der Waals surface area contributed by atoms with Gasteiger partial charge in [-0.1, -0.05) is 25.5 Å². The highest BCUT2D eigenvalue weighted by molar-refractivity contribution is 5.73. The standard InChI is InChI=1S/C17H16N2O3/c1-2-3-4-16-18-19-17(22-16)13-7-5-12(6-8-13)15-10-9-14(11-20)21-15/h5-11H,2-4H2,1H3. The Morgan fingerprint density at radius 2 is 1.77 bits per heavy atom. The van der Waals surface area contributed by atoms with Crippen molar-refractivity contribution in [3.63, 3.8) is 0 Å². The summed E-state index contributed by atoms with van der Waals surface area (Å²) in [5, 5.41) is 8.12. The van der Waals surface area contributed by atoms with E-state index >= 15 is 0 Å². The van der Waals surface area contributed by atoms with Crippen molar-refractivity contribution in [2.75, 3.05) is 0 Å². The number of carbonyl (C=O) groups is 1. The van der Waals surface area contributed by atoms with Gasteiger partial charge >= 0.3 is 0 Å². The lowest BCUT2D eigenvalue weighted by Gasteiger charge is -1.98. The molecule has 0 aliphatic carbocycles. The summed E-state index contributed by atoms with van der Waals surface area (Å²) in [5.74, 6) is 2.16. The van der Waals surface area contributed by atoms with Crippen LogP contribution >= 0.6 is 0 Å². The van der Waals surface area contributed by atoms with Crippen LogP contribution < -0.4 is 0 Å². The first-order chi connectivity index (χ1) is 10.8. The SMILES string of the molecule is CCCCc1nnc(-c2ccc(-c3ccc(C=O)o3)cc2)o1. The van der Waals surface area contributed by atoms with Crippen LogP contribution in [0.15, 0.2) is 45.2 Å². The molecule has 1 aromatic carbocycles. The van der Waals surface area contributed by atoms with Crippen LogP contribution in [0.2, 0.25) is 0 Å². The van der Waals surface area contributed by atoms with Crippen molar-refractivity contribution in [2.45, 2.75) is 26.2 Å². The Morgan fingerprint density at radius 3 is 2.45 bits per heavy atom. The van der Waals surface area contributed by atoms with Crippen molar-refractivity contribution in [3.8, 4) is 22.8 Å². The number of hydrogen-bond donors (Lipinski definition) is 0. The maximum atomic E-state index is 10.6. The molecule has 0 aliphatic rings. The summed E-state index contributed by atoms with van der Waals surface area (Å²) in [6.07, 6.45) is 3.63. The number of carbonyl (C=O) groups excluding carboxylic acids is 1. The molecule has 0 fully saturated rings. The zero-order valence-electron chi connectivity index (χ0n) is 12.3. The molecule has 0 saturated heterocycles. The van der Waals surface area contributed by atoms with Crippen molar-refractivity contribution in [1.29, 1.82) is 0 Å². The molecule has 22 heavy (non-hydrogen) atoms. The average molecular weight is 296 g/mol. The first-order valence-corrected chi connectivity index (χ1v) is 7.28. The largest absolute Gasteiger partial charge is 0.453 e. The van der Waals surface area contributed by atoms with Gasteiger partial charge in [0.25, 0.3) is 0 Å². The van der Waals surface area contributed by atoms with Gasteiger partial charge in [-0.05, 0) is 30.7 Å². The van der Waals surface area contributed by atoms with E-state index in [0.29, 0.717) is 29.6 Å². The zero-order valence-corrected chi connectivity index (χ0v) is 12.3. The highest BCUT2D eigenvalue weighted by Crippen LogP contribution is 2.25. The van der Waals surface area contributed by atoms with E-state index in [-0.39, 0.29) is 0 Å². The number of hydrogen-bond acceptors (Lipinski definition) is 5. The topological polar surface area (TPSA) is 69.1 Å². The second-order valence-electron chi connectivity index (χ2n) is 5.00. The molecule has 0 aliphatic heterocycles. The predicted molar refractivity (Wildman–Crippen MR) is 81.4 cm³/mol. The van der Waals surface area contributed by atoms with Gasteiger partial charge in [-0.3, -0.25) is 4.79 Å². The Labute approximate surface area is 128 Å². The van der Waals surface area contributed by atoms with E-state index in [4.69, 9.17) is 8.83 Å². The lowest BCUT2D eigenvalue weighted by Crippen LogP contribution is -1.83. The fourth-order valence-electron chi connectivity index (χ4n) is 2.15. The quantitative estimate of drug-likeness (QED) is 0.639. The number of aromatic nitrogens is 2. The summed E-state index contributed by atoms with van der Waals surface area (Å²) in [5.41, 5.74) is 1.75. The molecule has 5 heteroatoms. The maximum absolute atomic E-state index is 10.6. The molecule has 2 aromatic heterocycles. The van der Waals surface area contributed by atoms with E-state index in [9.17, 15) is 4.79 Å². The van der Waals surface area contributed by atoms with E-state index in [1.165, 1.54) is 0 Å². The monoisotopic (exact) mass is 296 g/mol. The van der Waals surface area contributed by atoms with Gasteiger partial charge in [0, 0.05) is 17.5 Å². The van der Waals surface area contributed by atoms with Gasteiger partial charge in [-0.15, -0.1) is 10.2 Å². The lowest BCUT2D eigenvalue weighted by atomic mass is 10.1. The van der Waals surface area contributed by atoms with Gasteiger partial charge in [-0.2, -0.15) is 0 Å². The fourth-order valence-corrected chi connectivity index (χ4v) is 2.15. The van der Waals surface area contributed by atoms with Crippen molar-refractivity contribution in [2.24, 2.45) is 0 Å². The van der Waals surface area contributed by atoms with Crippen LogP contribution in [0, 0.1) is 0 Å². The Morgan fingerprint density at radius 1 is 1.00 bits per heavy atom. The number of unbranched alkanes of at least 4 members (excludes halogenated alkanes) is 1. The minimum absolute atomic E-state index is 0.316. The Hall–Kier alpha value is -2.69. The third-order valence-electron chi connectivity index (χ3n) is 3.37. The Kier molecular flexibility index (Phi) is 4.14. The van der Waals surface area contributed by atoms with Crippen LogP contribution in [-0.2, 0) is 6.42 Å². The molecule has 3 aromatic rings. The van der Waals surface area contributed by atoms with E-state index < -0.39 is 0 Å². The van der Waals surface area contributed by atoms with Crippen LogP contribution in [0.5, 0.6) is 0 Å². The van der Waals surface area contributed by atoms with Gasteiger partial charge in [0.05, 0.1) is 0 Å². The minimum atomic E-state index is 0.316. The molecule has 0 saturated carbocycles. The number of aryl methyl sites for hydroxylation is 1. The third-order valence-corrected chi connectivity index (χ3v) is 3.37. The molecule has 0 N–H and O–H groups in total. The van der Waals surface area contributed by atoms with Crippen molar-refractivity contribution in [1.82, 2.24) is 10.2 Å². The average Bonchev–Trinajstić information content (AvgIpc) is 3.22. The molecule has 0 bridgehead atoms. The van der Waals surface area contributed by atoms with Crippen LogP contribution in [-0.4, -0.2) is 16.5 Å². The summed E-state index contributed by atoms with van der Waals surface area (Å²) >= 11 is 0. The Balaban J connectivity index is 1.78. The Bertz CT molecular complexity index is 756. The summed E-state index contributed by atoms with van der Waals surface area (Å²) in [6, 6.07) is 11.0. The van der Waals surface area contributed by atoms with Gasteiger partial charge < -0.3 is 8.83 Å². The molecule has 0 radical (unpaired) electrons. The number of furan rings is 1. The van der Waals surface area contributed by atoms with E-state index in [0.717, 1.165) is 30.4 Å². The zero-order chi connectivity index (χ0) is 15.4. The molecular weight excluding hydrogens is 280 g/mol. The molecule has 3 rings (SSSR count). The third kappa shape index (κ3) is 2.98. The first kappa shape index (κ1) is 14.3. The highest BCUT2D eigenvalue weighted by Gasteiger charge is 2.09. The van der Waals surface area contributed by atoms with E-state index in [1.807, 2.05) is 24.3 Å². The molecule has 0 amide bonds. The minimum Gasteiger partial charge on any atom is -0.453 e. The summed E-state index contributed by atoms with van der Waals surface area (Å²) < 4.78 is 11.0. The molecular formula is C17H16N2O3. The second-order valence-corrected chi connectivity index (χ2v) is 5.00. The second kappa shape index (κ2) is 6.39. The number of nitrogens with zero attached hydrogens (tertiary/aromatic N) is 2. The molecule has 0 spiro atoms. The number of aldehydes is 1. The summed E-state index contributed by atoms with van der Waals surface area (Å²) in [6.45, 7) is 2.13. The lowest BCUT2D eigenvalue weighted by molar-refractivity contribution is 0.110. The van der Waals surface area contributed by atoms with Crippen LogP contribution in [0.1, 0.15) is 36.2 Å². The first-order valence-electron chi connectivity index (χ1n) is 7.28. The molecule has 0 unspecified atom stereocenters. The fraction of sp³-hybridized carbons (Fsp3) is 0.235. The highest BCUT2D eigenvalue weighted by atomic mass is 16.4. The number of rotatable bonds is 6. The van der Waals surface area contributed by atoms with E-state index in [2.05, 4.69) is 17.1 Å². The van der Waals surface area contributed by atoms with Gasteiger partial charge in [0.1, 0.15) is 5.76 Å². The normalized spacial score (nSPS) is 10.8. The number of benzene rings is 1. The molecule has 112 valence electrons. The van der Waals surface area contributed by atoms with E-state index in [1.54, 1.807) is 12.1 Å². The van der Waals surface area contributed by atoms with Gasteiger partial charge in [0.15, 0.2) is 12.0 Å². The van der Waals surface area contributed by atoms with Crippen molar-refractivity contribution in [3.05, 3.63) is 48.0 Å². The van der Waals surface area contributed by atoms with Crippen LogP contribution in [0.3, 0.4) is 0 Å². The smallest absolute Gasteiger partial charge is 0.247 e. The van der Waals surface area contributed by atoms with Gasteiger partial charge in [-0.25, -0.2) is 0 Å².